The maximum Gasteiger partial charge on any atom is 0.0543 e. The molecule has 1 aliphatic carbocycles. The lowest BCUT2D eigenvalue weighted by atomic mass is 9.87. The van der Waals surface area contributed by atoms with Gasteiger partial charge in [0.2, 0.25) is 0 Å². The van der Waals surface area contributed by atoms with Gasteiger partial charge in [0.15, 0.2) is 0 Å². The second-order valence-corrected chi connectivity index (χ2v) is 6.19. The van der Waals surface area contributed by atoms with Gasteiger partial charge in [0.1, 0.15) is 0 Å². The third-order valence-electron chi connectivity index (χ3n) is 3.84. The highest BCUT2D eigenvalue weighted by Gasteiger charge is 2.20. The summed E-state index contributed by atoms with van der Waals surface area (Å²) < 4.78 is 1.16. The summed E-state index contributed by atoms with van der Waals surface area (Å²) in [5.41, 5.74) is 1.30. The zero-order valence-corrected chi connectivity index (χ0v) is 12.5. The summed E-state index contributed by atoms with van der Waals surface area (Å²) in [6.07, 6.45) is 4.26. The zero-order valence-electron chi connectivity index (χ0n) is 10.9. The van der Waals surface area contributed by atoms with E-state index in [1.165, 1.54) is 12.0 Å². The molecule has 1 aromatic rings. The highest BCUT2D eigenvalue weighted by Crippen LogP contribution is 2.26. The molecule has 2 nitrogen and oxygen atoms in total. The third-order valence-corrected chi connectivity index (χ3v) is 4.56. The van der Waals surface area contributed by atoms with E-state index in [0.717, 1.165) is 30.3 Å². The maximum atomic E-state index is 9.67. The minimum absolute atomic E-state index is 0.0793. The van der Waals surface area contributed by atoms with Gasteiger partial charge in [-0.3, -0.25) is 0 Å². The molecule has 2 rings (SSSR count). The van der Waals surface area contributed by atoms with Crippen LogP contribution in [0.15, 0.2) is 28.7 Å². The van der Waals surface area contributed by atoms with Crippen molar-refractivity contribution in [2.45, 2.75) is 44.8 Å². The van der Waals surface area contributed by atoms with Crippen molar-refractivity contribution >= 4 is 15.9 Å². The fraction of sp³-hybridized carbons (Fsp3) is 0.600. The second kappa shape index (κ2) is 6.69. The standard InChI is InChI=1S/C15H22BrNO/c1-11(14-7-2-3-8-15(14)16)17-10-12-5-4-6-13(18)9-12/h2-3,7-8,11-13,17-18H,4-6,9-10H2,1H3. The lowest BCUT2D eigenvalue weighted by molar-refractivity contribution is 0.0998. The van der Waals surface area contributed by atoms with Gasteiger partial charge < -0.3 is 10.4 Å². The first-order chi connectivity index (χ1) is 8.66. The minimum atomic E-state index is -0.0793. The molecule has 1 aromatic carbocycles. The Morgan fingerprint density at radius 3 is 2.89 bits per heavy atom. The summed E-state index contributed by atoms with van der Waals surface area (Å²) in [5.74, 6) is 0.624. The highest BCUT2D eigenvalue weighted by atomic mass is 79.9. The number of benzene rings is 1. The molecular weight excluding hydrogens is 290 g/mol. The number of hydrogen-bond donors (Lipinski definition) is 2. The molecule has 1 saturated carbocycles. The summed E-state index contributed by atoms with van der Waals surface area (Å²) in [6.45, 7) is 3.19. The number of halogens is 1. The fourth-order valence-electron chi connectivity index (χ4n) is 2.73. The van der Waals surface area contributed by atoms with Gasteiger partial charge >= 0.3 is 0 Å². The smallest absolute Gasteiger partial charge is 0.0543 e. The number of nitrogens with one attached hydrogen (secondary N) is 1. The monoisotopic (exact) mass is 311 g/mol. The van der Waals surface area contributed by atoms with Crippen LogP contribution in [0, 0.1) is 5.92 Å². The van der Waals surface area contributed by atoms with Crippen LogP contribution < -0.4 is 5.32 Å². The highest BCUT2D eigenvalue weighted by molar-refractivity contribution is 9.10. The summed E-state index contributed by atoms with van der Waals surface area (Å²) in [5, 5.41) is 13.3. The molecule has 3 heteroatoms. The second-order valence-electron chi connectivity index (χ2n) is 5.34. The zero-order chi connectivity index (χ0) is 13.0. The van der Waals surface area contributed by atoms with E-state index in [9.17, 15) is 5.11 Å². The SMILES string of the molecule is CC(NCC1CCCC(O)C1)c1ccccc1Br. The van der Waals surface area contributed by atoms with Gasteiger partial charge in [0, 0.05) is 10.5 Å². The van der Waals surface area contributed by atoms with E-state index in [2.05, 4.69) is 46.4 Å². The third kappa shape index (κ3) is 3.81. The number of aliphatic hydroxyl groups is 1. The van der Waals surface area contributed by atoms with Crippen LogP contribution in [0.1, 0.15) is 44.2 Å². The summed E-state index contributed by atoms with van der Waals surface area (Å²) >= 11 is 3.59. The molecule has 1 fully saturated rings. The molecule has 0 amide bonds. The summed E-state index contributed by atoms with van der Waals surface area (Å²) in [4.78, 5) is 0. The topological polar surface area (TPSA) is 32.3 Å². The molecular formula is C15H22BrNO. The van der Waals surface area contributed by atoms with Crippen LogP contribution in [0.4, 0.5) is 0 Å². The molecule has 0 spiro atoms. The Labute approximate surface area is 118 Å². The molecule has 1 aliphatic rings. The predicted octanol–water partition coefficient (Wildman–Crippen LogP) is 3.65. The van der Waals surface area contributed by atoms with Crippen LogP contribution in [-0.2, 0) is 0 Å². The van der Waals surface area contributed by atoms with E-state index in [0.29, 0.717) is 12.0 Å². The molecule has 2 N–H and O–H groups in total. The van der Waals surface area contributed by atoms with E-state index >= 15 is 0 Å². The van der Waals surface area contributed by atoms with Crippen LogP contribution in [0.5, 0.6) is 0 Å². The lowest BCUT2D eigenvalue weighted by Crippen LogP contribution is -2.30. The Morgan fingerprint density at radius 1 is 1.39 bits per heavy atom. The molecule has 0 radical (unpaired) electrons. The first-order valence-electron chi connectivity index (χ1n) is 6.82. The van der Waals surface area contributed by atoms with Crippen molar-refractivity contribution < 1.29 is 5.11 Å². The van der Waals surface area contributed by atoms with Crippen molar-refractivity contribution in [2.24, 2.45) is 5.92 Å². The largest absolute Gasteiger partial charge is 0.393 e. The van der Waals surface area contributed by atoms with E-state index in [4.69, 9.17) is 0 Å². The van der Waals surface area contributed by atoms with Gasteiger partial charge in [0.25, 0.3) is 0 Å². The first-order valence-corrected chi connectivity index (χ1v) is 7.62. The lowest BCUT2D eigenvalue weighted by Gasteiger charge is -2.27. The fourth-order valence-corrected chi connectivity index (χ4v) is 3.36. The first kappa shape index (κ1) is 14.0. The molecule has 3 unspecified atom stereocenters. The van der Waals surface area contributed by atoms with Crippen molar-refractivity contribution in [3.05, 3.63) is 34.3 Å². The van der Waals surface area contributed by atoms with E-state index < -0.39 is 0 Å². The Kier molecular flexibility index (Phi) is 5.22. The quantitative estimate of drug-likeness (QED) is 0.889. The average molecular weight is 312 g/mol. The van der Waals surface area contributed by atoms with Gasteiger partial charge in [-0.2, -0.15) is 0 Å². The minimum Gasteiger partial charge on any atom is -0.393 e. The van der Waals surface area contributed by atoms with Crippen LogP contribution in [0.25, 0.3) is 0 Å². The molecule has 0 aromatic heterocycles. The average Bonchev–Trinajstić information content (AvgIpc) is 2.37. The van der Waals surface area contributed by atoms with Crippen molar-refractivity contribution in [3.8, 4) is 0 Å². The Morgan fingerprint density at radius 2 is 2.17 bits per heavy atom. The molecule has 0 bridgehead atoms. The van der Waals surface area contributed by atoms with Gasteiger partial charge in [-0.15, -0.1) is 0 Å². The van der Waals surface area contributed by atoms with E-state index in [-0.39, 0.29) is 6.10 Å². The Hall–Kier alpha value is -0.380. The number of rotatable bonds is 4. The van der Waals surface area contributed by atoms with Crippen molar-refractivity contribution in [1.29, 1.82) is 0 Å². The molecule has 0 aliphatic heterocycles. The van der Waals surface area contributed by atoms with Crippen molar-refractivity contribution in [1.82, 2.24) is 5.32 Å². The van der Waals surface area contributed by atoms with E-state index in [1.807, 2.05) is 6.07 Å². The van der Waals surface area contributed by atoms with Crippen LogP contribution >= 0.6 is 15.9 Å². The van der Waals surface area contributed by atoms with Crippen molar-refractivity contribution in [2.75, 3.05) is 6.54 Å². The van der Waals surface area contributed by atoms with Crippen molar-refractivity contribution in [3.63, 3.8) is 0 Å². The normalized spacial score (nSPS) is 25.9. The van der Waals surface area contributed by atoms with Gasteiger partial charge in [-0.1, -0.05) is 40.5 Å². The summed E-state index contributed by atoms with van der Waals surface area (Å²) in [7, 11) is 0. The van der Waals surface area contributed by atoms with Crippen LogP contribution in [0.3, 0.4) is 0 Å². The van der Waals surface area contributed by atoms with E-state index in [1.54, 1.807) is 0 Å². The Bertz CT molecular complexity index is 383. The Balaban J connectivity index is 1.84. The molecule has 3 atom stereocenters. The number of aliphatic hydroxyl groups excluding tert-OH is 1. The van der Waals surface area contributed by atoms with Gasteiger partial charge in [-0.05, 0) is 50.3 Å². The van der Waals surface area contributed by atoms with Crippen LogP contribution in [0.2, 0.25) is 0 Å². The molecule has 18 heavy (non-hydrogen) atoms. The predicted molar refractivity (Wildman–Crippen MR) is 78.5 cm³/mol. The summed E-state index contributed by atoms with van der Waals surface area (Å²) in [6, 6.07) is 8.69. The molecule has 100 valence electrons. The molecule has 0 heterocycles. The van der Waals surface area contributed by atoms with Gasteiger partial charge in [0.05, 0.1) is 6.10 Å². The van der Waals surface area contributed by atoms with Crippen LogP contribution in [-0.4, -0.2) is 17.8 Å². The van der Waals surface area contributed by atoms with Gasteiger partial charge in [-0.25, -0.2) is 0 Å². The number of hydrogen-bond acceptors (Lipinski definition) is 2. The molecule has 0 saturated heterocycles. The maximum absolute atomic E-state index is 9.67.